The second-order valence-electron chi connectivity index (χ2n) is 8.54. The van der Waals surface area contributed by atoms with E-state index in [2.05, 4.69) is 15.3 Å². The molecule has 1 fully saturated rings. The lowest BCUT2D eigenvalue weighted by Gasteiger charge is -2.31. The third kappa shape index (κ3) is 5.38. The van der Waals surface area contributed by atoms with Crippen molar-refractivity contribution in [3.63, 3.8) is 0 Å². The number of rotatable bonds is 7. The average Bonchev–Trinajstić information content (AvgIpc) is 3.22. The van der Waals surface area contributed by atoms with E-state index in [1.54, 1.807) is 32.3 Å². The van der Waals surface area contributed by atoms with Gasteiger partial charge in [0.1, 0.15) is 5.00 Å². The van der Waals surface area contributed by atoms with Crippen molar-refractivity contribution in [2.24, 2.45) is 5.92 Å². The summed E-state index contributed by atoms with van der Waals surface area (Å²) in [7, 11) is 0. The second-order valence-corrected chi connectivity index (χ2v) is 9.64. The molecule has 0 aromatic carbocycles. The number of fused-ring (bicyclic) bond motifs is 1. The Morgan fingerprint density at radius 2 is 1.97 bits per heavy atom. The molecule has 2 aliphatic rings. The van der Waals surface area contributed by atoms with E-state index in [1.807, 2.05) is 4.90 Å². The minimum Gasteiger partial charge on any atom is -0.462 e. The number of amides is 1. The smallest absolute Gasteiger partial charge is 0.341 e. The van der Waals surface area contributed by atoms with Crippen molar-refractivity contribution in [3.8, 4) is 0 Å². The van der Waals surface area contributed by atoms with Crippen molar-refractivity contribution < 1.29 is 23.9 Å². The fourth-order valence-corrected chi connectivity index (χ4v) is 5.70. The zero-order valence-electron chi connectivity index (χ0n) is 19.5. The first-order chi connectivity index (χ1) is 16.5. The maximum atomic E-state index is 12.9. The quantitative estimate of drug-likeness (QED) is 0.593. The molecule has 2 aromatic rings. The third-order valence-corrected chi connectivity index (χ3v) is 7.35. The van der Waals surface area contributed by atoms with Crippen molar-refractivity contribution in [3.05, 3.63) is 34.5 Å². The topological polar surface area (TPSA) is 111 Å². The number of esters is 2. The normalized spacial score (nSPS) is 18.5. The summed E-state index contributed by atoms with van der Waals surface area (Å²) in [5.41, 5.74) is 1.42. The van der Waals surface area contributed by atoms with Crippen molar-refractivity contribution in [1.82, 2.24) is 9.97 Å². The summed E-state index contributed by atoms with van der Waals surface area (Å²) >= 11 is 1.41. The summed E-state index contributed by atoms with van der Waals surface area (Å²) in [5, 5.41) is 3.30. The first-order valence-electron chi connectivity index (χ1n) is 11.8. The lowest BCUT2D eigenvalue weighted by Crippen LogP contribution is -2.42. The Kier molecular flexibility index (Phi) is 7.77. The summed E-state index contributed by atoms with van der Waals surface area (Å²) in [4.78, 5) is 49.9. The number of hydrogen-bond donors (Lipinski definition) is 1. The van der Waals surface area contributed by atoms with Crippen LogP contribution in [0.25, 0.3) is 0 Å². The van der Waals surface area contributed by atoms with Gasteiger partial charge >= 0.3 is 11.9 Å². The van der Waals surface area contributed by atoms with Gasteiger partial charge in [-0.15, -0.1) is 11.3 Å². The van der Waals surface area contributed by atoms with E-state index in [1.165, 1.54) is 11.3 Å². The fourth-order valence-electron chi connectivity index (χ4n) is 4.42. The molecule has 0 radical (unpaired) electrons. The van der Waals surface area contributed by atoms with Gasteiger partial charge in [0.05, 0.1) is 18.1 Å². The first-order valence-corrected chi connectivity index (χ1v) is 12.6. The molecule has 1 aliphatic heterocycles. The Morgan fingerprint density at radius 3 is 2.74 bits per heavy atom. The number of carbonyl (C=O) groups is 3. The van der Waals surface area contributed by atoms with Crippen molar-refractivity contribution in [1.29, 1.82) is 0 Å². The van der Waals surface area contributed by atoms with Crippen LogP contribution in [0.5, 0.6) is 0 Å². The Balaban J connectivity index is 1.40. The van der Waals surface area contributed by atoms with Gasteiger partial charge < -0.3 is 19.7 Å². The predicted octanol–water partition coefficient (Wildman–Crippen LogP) is 3.38. The number of anilines is 2. The largest absolute Gasteiger partial charge is 0.462 e. The van der Waals surface area contributed by atoms with E-state index in [4.69, 9.17) is 9.47 Å². The van der Waals surface area contributed by atoms with E-state index in [-0.39, 0.29) is 12.5 Å². The van der Waals surface area contributed by atoms with Crippen LogP contribution in [0.15, 0.2) is 18.5 Å². The molecule has 1 saturated heterocycles. The molecule has 10 heteroatoms. The number of carbonyl (C=O) groups excluding carboxylic acids is 3. The number of aryl methyl sites for hydroxylation is 1. The number of thiophene rings is 1. The zero-order chi connectivity index (χ0) is 24.1. The van der Waals surface area contributed by atoms with Crippen LogP contribution >= 0.6 is 11.3 Å². The number of hydrogen-bond acceptors (Lipinski definition) is 9. The molecule has 0 spiro atoms. The molecule has 2 atom stereocenters. The molecule has 2 aromatic heterocycles. The van der Waals surface area contributed by atoms with Gasteiger partial charge in [0, 0.05) is 30.4 Å². The Bertz CT molecular complexity index is 1040. The van der Waals surface area contributed by atoms with Crippen LogP contribution in [-0.2, 0) is 31.9 Å². The number of piperidine rings is 1. The van der Waals surface area contributed by atoms with Gasteiger partial charge in [0.2, 0.25) is 5.95 Å². The molecule has 34 heavy (non-hydrogen) atoms. The molecular formula is C24H30N4O5S. The Hall–Kier alpha value is -3.01. The molecule has 1 N–H and O–H groups in total. The third-order valence-electron chi connectivity index (χ3n) is 6.14. The van der Waals surface area contributed by atoms with Crippen LogP contribution < -0.4 is 10.2 Å². The summed E-state index contributed by atoms with van der Waals surface area (Å²) in [6.07, 6.45) is 7.58. The Morgan fingerprint density at radius 1 is 1.21 bits per heavy atom. The second kappa shape index (κ2) is 10.9. The molecule has 4 rings (SSSR count). The molecule has 1 amide bonds. The fraction of sp³-hybridized carbons (Fsp3) is 0.542. The highest BCUT2D eigenvalue weighted by Crippen LogP contribution is 2.38. The zero-order valence-corrected chi connectivity index (χ0v) is 20.4. The average molecular weight is 487 g/mol. The number of nitrogens with one attached hydrogen (secondary N) is 1. The Labute approximate surface area is 202 Å². The van der Waals surface area contributed by atoms with E-state index < -0.39 is 23.9 Å². The monoisotopic (exact) mass is 486 g/mol. The minimum atomic E-state index is -0.995. The highest BCUT2D eigenvalue weighted by atomic mass is 32.1. The van der Waals surface area contributed by atoms with E-state index in [0.717, 1.165) is 49.1 Å². The van der Waals surface area contributed by atoms with Crippen molar-refractivity contribution >= 4 is 40.1 Å². The highest BCUT2D eigenvalue weighted by Gasteiger charge is 2.32. The summed E-state index contributed by atoms with van der Waals surface area (Å²) in [6.45, 7) is 4.78. The van der Waals surface area contributed by atoms with Gasteiger partial charge in [0.15, 0.2) is 6.10 Å². The SMILES string of the molecule is CCOC(=O)c1c(NC(=O)[C@H](C)OC(=O)[C@@H]2CCCN(c3ncccn3)C2)sc2c1CCCC2. The molecule has 0 bridgehead atoms. The highest BCUT2D eigenvalue weighted by molar-refractivity contribution is 7.17. The molecule has 3 heterocycles. The number of aromatic nitrogens is 2. The maximum Gasteiger partial charge on any atom is 0.341 e. The van der Waals surface area contributed by atoms with Crippen LogP contribution in [0, 0.1) is 5.92 Å². The van der Waals surface area contributed by atoms with Crippen LogP contribution in [0.4, 0.5) is 10.9 Å². The molecule has 1 aliphatic carbocycles. The summed E-state index contributed by atoms with van der Waals surface area (Å²) in [5.74, 6) is -1.08. The van der Waals surface area contributed by atoms with Gasteiger partial charge in [0.25, 0.3) is 5.91 Å². The first kappa shape index (κ1) is 24.1. The molecule has 182 valence electrons. The number of ether oxygens (including phenoxy) is 2. The van der Waals surface area contributed by atoms with Gasteiger partial charge in [-0.05, 0) is 64.0 Å². The van der Waals surface area contributed by atoms with Gasteiger partial charge in [-0.2, -0.15) is 0 Å². The molecule has 0 saturated carbocycles. The standard InChI is InChI=1S/C24H30N4O5S/c1-3-32-23(31)19-17-9-4-5-10-18(17)34-21(19)27-20(29)15(2)33-22(30)16-8-6-13-28(14-16)24-25-11-7-12-26-24/h7,11-12,15-16H,3-6,8-10,13-14H2,1-2H3,(H,27,29)/t15-,16+/m0/s1. The molecule has 0 unspecified atom stereocenters. The van der Waals surface area contributed by atoms with Crippen LogP contribution in [0.2, 0.25) is 0 Å². The van der Waals surface area contributed by atoms with Crippen molar-refractivity contribution in [2.45, 2.75) is 58.5 Å². The van der Waals surface area contributed by atoms with Gasteiger partial charge in [-0.25, -0.2) is 14.8 Å². The lowest BCUT2D eigenvalue weighted by molar-refractivity contribution is -0.157. The molecule has 9 nitrogen and oxygen atoms in total. The van der Waals surface area contributed by atoms with Gasteiger partial charge in [-0.3, -0.25) is 9.59 Å². The van der Waals surface area contributed by atoms with E-state index >= 15 is 0 Å². The lowest BCUT2D eigenvalue weighted by atomic mass is 9.95. The van der Waals surface area contributed by atoms with Crippen LogP contribution in [0.3, 0.4) is 0 Å². The predicted molar refractivity (Wildman–Crippen MR) is 128 cm³/mol. The van der Waals surface area contributed by atoms with Crippen LogP contribution in [-0.4, -0.2) is 53.6 Å². The number of nitrogens with zero attached hydrogens (tertiary/aromatic N) is 3. The van der Waals surface area contributed by atoms with Crippen LogP contribution in [0.1, 0.15) is 60.3 Å². The van der Waals surface area contributed by atoms with E-state index in [0.29, 0.717) is 29.5 Å². The summed E-state index contributed by atoms with van der Waals surface area (Å²) in [6, 6.07) is 1.75. The maximum absolute atomic E-state index is 12.9. The minimum absolute atomic E-state index is 0.261. The van der Waals surface area contributed by atoms with Gasteiger partial charge in [-0.1, -0.05) is 0 Å². The van der Waals surface area contributed by atoms with Crippen molar-refractivity contribution in [2.75, 3.05) is 29.9 Å². The molecular weight excluding hydrogens is 456 g/mol. The van der Waals surface area contributed by atoms with E-state index in [9.17, 15) is 14.4 Å². The summed E-state index contributed by atoms with van der Waals surface area (Å²) < 4.78 is 10.8.